The predicted molar refractivity (Wildman–Crippen MR) is 90.3 cm³/mol. The van der Waals surface area contributed by atoms with Gasteiger partial charge in [0, 0.05) is 0 Å². The Morgan fingerprint density at radius 1 is 1.30 bits per heavy atom. The van der Waals surface area contributed by atoms with Crippen LogP contribution in [0.1, 0.15) is 41.7 Å². The van der Waals surface area contributed by atoms with E-state index in [2.05, 4.69) is 43.2 Å². The van der Waals surface area contributed by atoms with Gasteiger partial charge in [0.05, 0.1) is 23.1 Å². The number of hydrogen-bond donors (Lipinski definition) is 1. The molecule has 0 aliphatic rings. The molecule has 0 atom stereocenters. The third kappa shape index (κ3) is 4.69. The first kappa shape index (κ1) is 17.3. The summed E-state index contributed by atoms with van der Waals surface area (Å²) >= 11 is 1.08. The van der Waals surface area contributed by atoms with E-state index in [1.165, 1.54) is 5.56 Å². The Bertz CT molecular complexity index is 672. The van der Waals surface area contributed by atoms with Gasteiger partial charge in [-0.2, -0.15) is 0 Å². The molecular formula is C17H21N2O3S-. The molecule has 0 amide bonds. The summed E-state index contributed by atoms with van der Waals surface area (Å²) in [6.07, 6.45) is 0. The lowest BCUT2D eigenvalue weighted by molar-refractivity contribution is -0.254. The molecule has 5 nitrogen and oxygen atoms in total. The van der Waals surface area contributed by atoms with Gasteiger partial charge in [-0.25, -0.2) is 4.98 Å². The van der Waals surface area contributed by atoms with E-state index in [4.69, 9.17) is 4.74 Å². The summed E-state index contributed by atoms with van der Waals surface area (Å²) in [6.45, 7) is 9.17. The molecule has 1 aromatic heterocycles. The molecule has 2 aromatic rings. The summed E-state index contributed by atoms with van der Waals surface area (Å²) in [5.74, 6) is -0.381. The minimum atomic E-state index is -1.19. The number of aromatic carboxylic acids is 1. The van der Waals surface area contributed by atoms with Gasteiger partial charge in [0.15, 0.2) is 5.13 Å². The van der Waals surface area contributed by atoms with Crippen LogP contribution in [-0.4, -0.2) is 24.1 Å². The molecule has 0 saturated carbocycles. The molecule has 124 valence electrons. The fraction of sp³-hybridized carbons (Fsp3) is 0.412. The third-order valence-corrected chi connectivity index (χ3v) is 4.44. The van der Waals surface area contributed by atoms with Gasteiger partial charge in [0.25, 0.3) is 0 Å². The van der Waals surface area contributed by atoms with Gasteiger partial charge in [-0.1, -0.05) is 44.2 Å². The molecule has 0 spiro atoms. The van der Waals surface area contributed by atoms with Gasteiger partial charge in [-0.3, -0.25) is 0 Å². The molecule has 0 unspecified atom stereocenters. The molecule has 0 bridgehead atoms. The first-order valence-electron chi connectivity index (χ1n) is 7.43. The summed E-state index contributed by atoms with van der Waals surface area (Å²) in [5, 5.41) is 14.5. The number of rotatable bonds is 6. The van der Waals surface area contributed by atoms with Crippen molar-refractivity contribution in [2.75, 3.05) is 18.5 Å². The lowest BCUT2D eigenvalue weighted by Gasteiger charge is -2.19. The van der Waals surface area contributed by atoms with Crippen LogP contribution >= 0.6 is 11.3 Å². The second-order valence-corrected chi connectivity index (χ2v) is 7.27. The first-order chi connectivity index (χ1) is 10.8. The highest BCUT2D eigenvalue weighted by atomic mass is 32.1. The third-order valence-electron chi connectivity index (χ3n) is 3.35. The molecule has 0 saturated heterocycles. The Labute approximate surface area is 140 Å². The number of carbonyl (C=O) groups excluding carboxylic acids is 1. The maximum atomic E-state index is 10.9. The van der Waals surface area contributed by atoms with Crippen molar-refractivity contribution in [1.82, 2.24) is 4.98 Å². The van der Waals surface area contributed by atoms with Crippen molar-refractivity contribution in [1.29, 1.82) is 0 Å². The smallest absolute Gasteiger partial charge is 0.183 e. The maximum absolute atomic E-state index is 10.9. The SMILES string of the molecule is Cc1nc(NCCOc2ccc(C(C)(C)C)cc2)sc1C(=O)[O-]. The van der Waals surface area contributed by atoms with Crippen molar-refractivity contribution < 1.29 is 14.6 Å². The zero-order chi connectivity index (χ0) is 17.0. The number of carboxylic acids is 1. The van der Waals surface area contributed by atoms with Crippen LogP contribution in [0.4, 0.5) is 5.13 Å². The number of anilines is 1. The van der Waals surface area contributed by atoms with E-state index in [-0.39, 0.29) is 10.3 Å². The maximum Gasteiger partial charge on any atom is 0.183 e. The summed E-state index contributed by atoms with van der Waals surface area (Å²) in [7, 11) is 0. The van der Waals surface area contributed by atoms with E-state index in [1.807, 2.05) is 12.1 Å². The fourth-order valence-electron chi connectivity index (χ4n) is 2.04. The molecule has 6 heteroatoms. The zero-order valence-corrected chi connectivity index (χ0v) is 14.6. The van der Waals surface area contributed by atoms with Crippen LogP contribution in [0.5, 0.6) is 5.75 Å². The average Bonchev–Trinajstić information content (AvgIpc) is 2.84. The van der Waals surface area contributed by atoms with Crippen molar-refractivity contribution in [3.05, 3.63) is 40.4 Å². The van der Waals surface area contributed by atoms with Crippen LogP contribution < -0.4 is 15.2 Å². The Morgan fingerprint density at radius 2 is 1.96 bits per heavy atom. The average molecular weight is 333 g/mol. The summed E-state index contributed by atoms with van der Waals surface area (Å²) < 4.78 is 5.67. The molecule has 1 heterocycles. The monoisotopic (exact) mass is 333 g/mol. The molecule has 2 rings (SSSR count). The first-order valence-corrected chi connectivity index (χ1v) is 8.25. The number of thiazole rings is 1. The van der Waals surface area contributed by atoms with Gasteiger partial charge >= 0.3 is 0 Å². The topological polar surface area (TPSA) is 74.3 Å². The zero-order valence-electron chi connectivity index (χ0n) is 13.8. The van der Waals surface area contributed by atoms with Gasteiger partial charge in [-0.15, -0.1) is 0 Å². The summed E-state index contributed by atoms with van der Waals surface area (Å²) in [6, 6.07) is 8.06. The molecule has 0 fully saturated rings. The standard InChI is InChI=1S/C17H22N2O3S/c1-11-14(15(20)21)23-16(19-11)18-9-10-22-13-7-5-12(6-8-13)17(2,3)4/h5-8H,9-10H2,1-4H3,(H,18,19)(H,20,21)/p-1. The Balaban J connectivity index is 1.81. The Kier molecular flexibility index (Phi) is 5.26. The lowest BCUT2D eigenvalue weighted by Crippen LogP contribution is -2.21. The number of nitrogens with zero attached hydrogens (tertiary/aromatic N) is 1. The van der Waals surface area contributed by atoms with E-state index in [9.17, 15) is 9.90 Å². The molecule has 23 heavy (non-hydrogen) atoms. The van der Waals surface area contributed by atoms with Crippen LogP contribution in [0.25, 0.3) is 0 Å². The minimum Gasteiger partial charge on any atom is -0.544 e. The van der Waals surface area contributed by atoms with E-state index in [0.717, 1.165) is 17.1 Å². The van der Waals surface area contributed by atoms with Crippen LogP contribution in [0.2, 0.25) is 0 Å². The quantitative estimate of drug-likeness (QED) is 0.823. The van der Waals surface area contributed by atoms with Crippen molar-refractivity contribution >= 4 is 22.4 Å². The number of carbonyl (C=O) groups is 1. The highest BCUT2D eigenvalue weighted by Crippen LogP contribution is 2.24. The van der Waals surface area contributed by atoms with E-state index in [0.29, 0.717) is 24.0 Å². The van der Waals surface area contributed by atoms with E-state index >= 15 is 0 Å². The molecular weight excluding hydrogens is 312 g/mol. The number of aryl methyl sites for hydroxylation is 1. The normalized spacial score (nSPS) is 11.3. The van der Waals surface area contributed by atoms with Crippen LogP contribution in [0, 0.1) is 6.92 Å². The lowest BCUT2D eigenvalue weighted by atomic mass is 9.87. The molecule has 0 radical (unpaired) electrons. The highest BCUT2D eigenvalue weighted by Gasteiger charge is 2.13. The number of nitrogens with one attached hydrogen (secondary N) is 1. The van der Waals surface area contributed by atoms with Crippen molar-refractivity contribution in [2.24, 2.45) is 0 Å². The minimum absolute atomic E-state index is 0.124. The molecule has 0 aliphatic heterocycles. The Hall–Kier alpha value is -2.08. The predicted octanol–water partition coefficient (Wildman–Crippen LogP) is 2.60. The van der Waals surface area contributed by atoms with Crippen molar-refractivity contribution in [3.63, 3.8) is 0 Å². The van der Waals surface area contributed by atoms with E-state index < -0.39 is 5.97 Å². The second-order valence-electron chi connectivity index (χ2n) is 6.27. The van der Waals surface area contributed by atoms with Crippen LogP contribution in [0.3, 0.4) is 0 Å². The van der Waals surface area contributed by atoms with Gasteiger partial charge in [0.2, 0.25) is 0 Å². The van der Waals surface area contributed by atoms with Gasteiger partial charge in [0.1, 0.15) is 12.4 Å². The Morgan fingerprint density at radius 3 is 2.48 bits per heavy atom. The fourth-order valence-corrected chi connectivity index (χ4v) is 2.87. The molecule has 0 aliphatic carbocycles. The number of carboxylic acid groups (broad SMARTS) is 1. The van der Waals surface area contributed by atoms with E-state index in [1.54, 1.807) is 6.92 Å². The molecule has 1 aromatic carbocycles. The summed E-state index contributed by atoms with van der Waals surface area (Å²) in [5.41, 5.74) is 1.85. The number of benzene rings is 1. The molecule has 1 N–H and O–H groups in total. The van der Waals surface area contributed by atoms with Gasteiger partial charge < -0.3 is 20.0 Å². The second kappa shape index (κ2) is 7.00. The number of aromatic nitrogens is 1. The van der Waals surface area contributed by atoms with Crippen LogP contribution in [-0.2, 0) is 5.41 Å². The summed E-state index contributed by atoms with van der Waals surface area (Å²) in [4.78, 5) is 15.2. The van der Waals surface area contributed by atoms with Crippen molar-refractivity contribution in [2.45, 2.75) is 33.1 Å². The van der Waals surface area contributed by atoms with Crippen LogP contribution in [0.15, 0.2) is 24.3 Å². The largest absolute Gasteiger partial charge is 0.544 e. The van der Waals surface area contributed by atoms with Crippen molar-refractivity contribution in [3.8, 4) is 5.75 Å². The van der Waals surface area contributed by atoms with Gasteiger partial charge in [-0.05, 0) is 30.0 Å². The number of hydrogen-bond acceptors (Lipinski definition) is 6. The number of ether oxygens (including phenoxy) is 1. The highest BCUT2D eigenvalue weighted by molar-refractivity contribution is 7.17.